The van der Waals surface area contributed by atoms with E-state index in [-0.39, 0.29) is 6.03 Å². The number of carbonyl (C=O) groups is 1. The number of nitrogens with one attached hydrogen (secondary N) is 1. The normalized spacial score (nSPS) is 10.1. The number of halogens is 1. The fraction of sp³-hybridized carbons (Fsp3) is 0.235. The van der Waals surface area contributed by atoms with E-state index in [1.807, 2.05) is 18.2 Å². The fourth-order valence-corrected chi connectivity index (χ4v) is 2.20. The molecule has 0 spiro atoms. The zero-order valence-corrected chi connectivity index (χ0v) is 14.1. The lowest BCUT2D eigenvalue weighted by Crippen LogP contribution is -2.30. The maximum absolute atomic E-state index is 12.2. The number of hydrogen-bond acceptors (Lipinski definition) is 3. The molecule has 0 saturated carbocycles. The Morgan fingerprint density at radius 3 is 2.35 bits per heavy atom. The molecule has 0 atom stereocenters. The van der Waals surface area contributed by atoms with Crippen molar-refractivity contribution in [3.8, 4) is 11.5 Å². The molecule has 0 saturated heterocycles. The largest absolute Gasteiger partial charge is 0.493 e. The molecule has 6 heteroatoms. The molecular weight excluding hydrogens is 316 g/mol. The summed E-state index contributed by atoms with van der Waals surface area (Å²) < 4.78 is 10.5. The maximum Gasteiger partial charge on any atom is 0.321 e. The Hall–Kier alpha value is -2.40. The average Bonchev–Trinajstić information content (AvgIpc) is 2.56. The summed E-state index contributed by atoms with van der Waals surface area (Å²) in [7, 11) is 4.89. The highest BCUT2D eigenvalue weighted by atomic mass is 35.5. The number of benzene rings is 2. The lowest BCUT2D eigenvalue weighted by atomic mass is 10.2. The number of methoxy groups -OCH3 is 2. The molecule has 0 aliphatic rings. The molecule has 0 radical (unpaired) electrons. The lowest BCUT2D eigenvalue weighted by molar-refractivity contribution is 0.220. The number of ether oxygens (including phenoxy) is 2. The molecule has 23 heavy (non-hydrogen) atoms. The Morgan fingerprint density at radius 2 is 1.74 bits per heavy atom. The van der Waals surface area contributed by atoms with Crippen LogP contribution in [0.5, 0.6) is 11.5 Å². The van der Waals surface area contributed by atoms with Crippen molar-refractivity contribution >= 4 is 23.3 Å². The molecule has 2 aromatic rings. The van der Waals surface area contributed by atoms with Gasteiger partial charge >= 0.3 is 6.03 Å². The van der Waals surface area contributed by atoms with Gasteiger partial charge in [0, 0.05) is 24.3 Å². The van der Waals surface area contributed by atoms with Crippen molar-refractivity contribution in [2.75, 3.05) is 26.6 Å². The van der Waals surface area contributed by atoms with Crippen LogP contribution < -0.4 is 14.8 Å². The fourth-order valence-electron chi connectivity index (χ4n) is 2.08. The summed E-state index contributed by atoms with van der Waals surface area (Å²) in [6.45, 7) is 0.444. The van der Waals surface area contributed by atoms with Gasteiger partial charge in [-0.15, -0.1) is 0 Å². The van der Waals surface area contributed by atoms with E-state index in [0.717, 1.165) is 5.56 Å². The molecule has 2 amide bonds. The van der Waals surface area contributed by atoms with E-state index in [2.05, 4.69) is 5.32 Å². The van der Waals surface area contributed by atoms with E-state index in [4.69, 9.17) is 21.1 Å². The standard InChI is InChI=1S/C17H19ClN2O3/c1-20(17(21)19-14-7-5-13(18)6-8-14)11-12-4-9-15(22-2)16(10-12)23-3/h4-10H,11H2,1-3H3,(H,19,21). The van der Waals surface area contributed by atoms with Crippen molar-refractivity contribution in [3.05, 3.63) is 53.1 Å². The molecular formula is C17H19ClN2O3. The van der Waals surface area contributed by atoms with E-state index in [1.165, 1.54) is 0 Å². The van der Waals surface area contributed by atoms with Gasteiger partial charge in [-0.25, -0.2) is 4.79 Å². The Kier molecular flexibility index (Phi) is 5.71. The predicted octanol–water partition coefficient (Wildman–Crippen LogP) is 4.02. The molecule has 0 aliphatic heterocycles. The summed E-state index contributed by atoms with van der Waals surface area (Å²) in [5.41, 5.74) is 1.63. The second kappa shape index (κ2) is 7.74. The molecule has 2 rings (SSSR count). The van der Waals surface area contributed by atoms with E-state index in [0.29, 0.717) is 28.8 Å². The third kappa shape index (κ3) is 4.53. The number of carbonyl (C=O) groups excluding carboxylic acids is 1. The minimum Gasteiger partial charge on any atom is -0.493 e. The molecule has 2 aromatic carbocycles. The second-order valence-electron chi connectivity index (χ2n) is 4.98. The zero-order chi connectivity index (χ0) is 16.8. The summed E-state index contributed by atoms with van der Waals surface area (Å²) in [6, 6.07) is 12.3. The van der Waals surface area contributed by atoms with Crippen LogP contribution >= 0.6 is 11.6 Å². The van der Waals surface area contributed by atoms with Gasteiger partial charge in [0.15, 0.2) is 11.5 Å². The first-order chi connectivity index (χ1) is 11.0. The Labute approximate surface area is 140 Å². The highest BCUT2D eigenvalue weighted by molar-refractivity contribution is 6.30. The van der Waals surface area contributed by atoms with E-state index in [1.54, 1.807) is 50.4 Å². The van der Waals surface area contributed by atoms with Crippen LogP contribution in [0.3, 0.4) is 0 Å². The summed E-state index contributed by atoms with van der Waals surface area (Å²) in [4.78, 5) is 13.8. The molecule has 122 valence electrons. The molecule has 0 bridgehead atoms. The molecule has 0 aromatic heterocycles. The summed E-state index contributed by atoms with van der Waals surface area (Å²) in [6.07, 6.45) is 0. The quantitative estimate of drug-likeness (QED) is 0.898. The Balaban J connectivity index is 2.01. The molecule has 1 N–H and O–H groups in total. The maximum atomic E-state index is 12.2. The van der Waals surface area contributed by atoms with Crippen molar-refractivity contribution in [1.82, 2.24) is 4.90 Å². The van der Waals surface area contributed by atoms with Crippen molar-refractivity contribution in [2.45, 2.75) is 6.54 Å². The van der Waals surface area contributed by atoms with Crippen molar-refractivity contribution in [1.29, 1.82) is 0 Å². The first-order valence-corrected chi connectivity index (χ1v) is 7.40. The summed E-state index contributed by atoms with van der Waals surface area (Å²) >= 11 is 5.83. The van der Waals surface area contributed by atoms with Gasteiger partial charge in [-0.1, -0.05) is 17.7 Å². The molecule has 0 fully saturated rings. The molecule has 5 nitrogen and oxygen atoms in total. The van der Waals surface area contributed by atoms with Crippen LogP contribution in [-0.4, -0.2) is 32.2 Å². The van der Waals surface area contributed by atoms with Gasteiger partial charge in [0.2, 0.25) is 0 Å². The van der Waals surface area contributed by atoms with Crippen LogP contribution in [0.1, 0.15) is 5.56 Å². The van der Waals surface area contributed by atoms with Gasteiger partial charge in [0.1, 0.15) is 0 Å². The van der Waals surface area contributed by atoms with E-state index in [9.17, 15) is 4.79 Å². The zero-order valence-electron chi connectivity index (χ0n) is 13.3. The van der Waals surface area contributed by atoms with Crippen LogP contribution in [0, 0.1) is 0 Å². The third-order valence-corrected chi connectivity index (χ3v) is 3.56. The van der Waals surface area contributed by atoms with Crippen LogP contribution in [0.25, 0.3) is 0 Å². The smallest absolute Gasteiger partial charge is 0.321 e. The average molecular weight is 335 g/mol. The van der Waals surface area contributed by atoms with Crippen LogP contribution in [0.2, 0.25) is 5.02 Å². The molecule has 0 aliphatic carbocycles. The number of hydrogen-bond donors (Lipinski definition) is 1. The van der Waals surface area contributed by atoms with Gasteiger partial charge in [-0.2, -0.15) is 0 Å². The SMILES string of the molecule is COc1ccc(CN(C)C(=O)Nc2ccc(Cl)cc2)cc1OC. The first-order valence-electron chi connectivity index (χ1n) is 7.02. The van der Waals surface area contributed by atoms with Gasteiger partial charge < -0.3 is 19.7 Å². The van der Waals surface area contributed by atoms with Crippen LogP contribution in [-0.2, 0) is 6.54 Å². The summed E-state index contributed by atoms with van der Waals surface area (Å²) in [5.74, 6) is 1.29. The minimum absolute atomic E-state index is 0.206. The number of anilines is 1. The van der Waals surface area contributed by atoms with Crippen molar-refractivity contribution in [3.63, 3.8) is 0 Å². The van der Waals surface area contributed by atoms with Gasteiger partial charge in [0.25, 0.3) is 0 Å². The highest BCUT2D eigenvalue weighted by Gasteiger charge is 2.11. The highest BCUT2D eigenvalue weighted by Crippen LogP contribution is 2.28. The number of amides is 2. The van der Waals surface area contributed by atoms with Crippen molar-refractivity contribution < 1.29 is 14.3 Å². The predicted molar refractivity (Wildman–Crippen MR) is 91.5 cm³/mol. The lowest BCUT2D eigenvalue weighted by Gasteiger charge is -2.19. The molecule has 0 unspecified atom stereocenters. The van der Waals surface area contributed by atoms with Gasteiger partial charge in [-0.05, 0) is 42.0 Å². The number of rotatable bonds is 5. The van der Waals surface area contributed by atoms with E-state index >= 15 is 0 Å². The Morgan fingerprint density at radius 1 is 1.09 bits per heavy atom. The van der Waals surface area contributed by atoms with E-state index < -0.39 is 0 Å². The van der Waals surface area contributed by atoms with Crippen molar-refractivity contribution in [2.24, 2.45) is 0 Å². The van der Waals surface area contributed by atoms with Crippen LogP contribution in [0.15, 0.2) is 42.5 Å². The first kappa shape index (κ1) is 17.0. The third-order valence-electron chi connectivity index (χ3n) is 3.31. The monoisotopic (exact) mass is 334 g/mol. The number of nitrogens with zero attached hydrogens (tertiary/aromatic N) is 1. The Bertz CT molecular complexity index is 674. The van der Waals surface area contributed by atoms with Crippen LogP contribution in [0.4, 0.5) is 10.5 Å². The minimum atomic E-state index is -0.206. The number of urea groups is 1. The summed E-state index contributed by atoms with van der Waals surface area (Å²) in [5, 5.41) is 3.44. The second-order valence-corrected chi connectivity index (χ2v) is 5.42. The van der Waals surface area contributed by atoms with Gasteiger partial charge in [0.05, 0.1) is 14.2 Å². The molecule has 0 heterocycles. The van der Waals surface area contributed by atoms with Gasteiger partial charge in [-0.3, -0.25) is 0 Å². The topological polar surface area (TPSA) is 50.8 Å².